The van der Waals surface area contributed by atoms with Gasteiger partial charge in [-0.3, -0.25) is 14.9 Å². The Labute approximate surface area is 189 Å². The highest BCUT2D eigenvalue weighted by Gasteiger charge is 2.21. The molecule has 0 bridgehead atoms. The molecule has 4 aromatic rings. The standard InChI is InChI=1S/C24H22N6O3/c31-23(32)22-20-11-17(18-10-16(12-26-13-18)15-29-8-1-2-9-29)5-6-21(20)30(28-22)24(33)27-19-4-3-7-25-14-19/h3-7,10-14H,1-2,8-9,15H2,(H,27,33)(H,31,32). The molecular formula is C24H22N6O3. The van der Waals surface area contributed by atoms with Crippen LogP contribution in [0.5, 0.6) is 0 Å². The van der Waals surface area contributed by atoms with Gasteiger partial charge in [0, 0.05) is 36.1 Å². The molecule has 1 fully saturated rings. The number of aromatic nitrogens is 4. The summed E-state index contributed by atoms with van der Waals surface area (Å²) in [6, 6.07) is 10.2. The SMILES string of the molecule is O=C(O)c1nn(C(=O)Nc2cccnc2)c2ccc(-c3cncc(CN4CCCC4)c3)cc12. The molecule has 9 nitrogen and oxygen atoms in total. The van der Waals surface area contributed by atoms with Crippen LogP contribution in [-0.4, -0.2) is 54.8 Å². The van der Waals surface area contributed by atoms with Crippen LogP contribution in [0.4, 0.5) is 10.5 Å². The van der Waals surface area contributed by atoms with Crippen molar-refractivity contribution in [3.63, 3.8) is 0 Å². The number of hydrogen-bond acceptors (Lipinski definition) is 6. The Hall–Kier alpha value is -4.11. The minimum atomic E-state index is -1.20. The van der Waals surface area contributed by atoms with E-state index in [1.165, 1.54) is 19.0 Å². The van der Waals surface area contributed by atoms with Crippen LogP contribution < -0.4 is 5.32 Å². The summed E-state index contributed by atoms with van der Waals surface area (Å²) >= 11 is 0. The monoisotopic (exact) mass is 442 g/mol. The lowest BCUT2D eigenvalue weighted by Crippen LogP contribution is -2.21. The second kappa shape index (κ2) is 8.79. The number of benzene rings is 1. The van der Waals surface area contributed by atoms with Crippen LogP contribution >= 0.6 is 0 Å². The minimum Gasteiger partial charge on any atom is -0.476 e. The fourth-order valence-corrected chi connectivity index (χ4v) is 4.15. The number of anilines is 1. The van der Waals surface area contributed by atoms with E-state index in [0.29, 0.717) is 16.6 Å². The Morgan fingerprint density at radius 3 is 2.61 bits per heavy atom. The molecule has 0 atom stereocenters. The van der Waals surface area contributed by atoms with Gasteiger partial charge in [-0.05, 0) is 67.4 Å². The number of carboxylic acid groups (broad SMARTS) is 1. The summed E-state index contributed by atoms with van der Waals surface area (Å²) in [6.45, 7) is 3.03. The molecule has 2 N–H and O–H groups in total. The maximum atomic E-state index is 12.8. The molecular weight excluding hydrogens is 420 g/mol. The van der Waals surface area contributed by atoms with Crippen molar-refractivity contribution in [2.45, 2.75) is 19.4 Å². The van der Waals surface area contributed by atoms with Crippen LogP contribution in [-0.2, 0) is 6.54 Å². The number of fused-ring (bicyclic) bond motifs is 1. The van der Waals surface area contributed by atoms with Crippen molar-refractivity contribution in [3.05, 3.63) is 72.4 Å². The van der Waals surface area contributed by atoms with E-state index in [-0.39, 0.29) is 5.69 Å². The highest BCUT2D eigenvalue weighted by atomic mass is 16.4. The first-order chi connectivity index (χ1) is 16.1. The van der Waals surface area contributed by atoms with Gasteiger partial charge in [-0.2, -0.15) is 9.78 Å². The molecule has 1 amide bonds. The van der Waals surface area contributed by atoms with Gasteiger partial charge in [0.1, 0.15) is 0 Å². The van der Waals surface area contributed by atoms with Crippen LogP contribution in [0.2, 0.25) is 0 Å². The summed E-state index contributed by atoms with van der Waals surface area (Å²) < 4.78 is 1.07. The zero-order chi connectivity index (χ0) is 22.8. The third-order valence-electron chi connectivity index (χ3n) is 5.72. The van der Waals surface area contributed by atoms with Crippen molar-refractivity contribution in [1.29, 1.82) is 0 Å². The first kappa shape index (κ1) is 20.8. The van der Waals surface area contributed by atoms with Gasteiger partial charge in [0.15, 0.2) is 5.69 Å². The number of aromatic carboxylic acids is 1. The van der Waals surface area contributed by atoms with E-state index in [1.54, 1.807) is 36.7 Å². The Morgan fingerprint density at radius 2 is 1.85 bits per heavy atom. The second-order valence-corrected chi connectivity index (χ2v) is 8.03. The summed E-state index contributed by atoms with van der Waals surface area (Å²) in [5, 5.41) is 16.8. The third-order valence-corrected chi connectivity index (χ3v) is 5.72. The number of carbonyl (C=O) groups is 2. The normalized spacial score (nSPS) is 13.9. The lowest BCUT2D eigenvalue weighted by atomic mass is 10.0. The number of nitrogens with zero attached hydrogens (tertiary/aromatic N) is 5. The van der Waals surface area contributed by atoms with Gasteiger partial charge in [0.25, 0.3) is 0 Å². The smallest absolute Gasteiger partial charge is 0.357 e. The quantitative estimate of drug-likeness (QED) is 0.482. The van der Waals surface area contributed by atoms with Crippen LogP contribution in [0.3, 0.4) is 0 Å². The fourth-order valence-electron chi connectivity index (χ4n) is 4.15. The number of amides is 1. The van der Waals surface area contributed by atoms with Crippen molar-refractivity contribution in [2.24, 2.45) is 0 Å². The predicted octanol–water partition coefficient (Wildman–Crippen LogP) is 3.87. The zero-order valence-corrected chi connectivity index (χ0v) is 17.8. The van der Waals surface area contributed by atoms with Gasteiger partial charge in [0.2, 0.25) is 0 Å². The molecule has 3 aromatic heterocycles. The van der Waals surface area contributed by atoms with Crippen molar-refractivity contribution in [3.8, 4) is 11.1 Å². The fraction of sp³-hybridized carbons (Fsp3) is 0.208. The van der Waals surface area contributed by atoms with E-state index in [0.717, 1.165) is 41.0 Å². The van der Waals surface area contributed by atoms with E-state index in [9.17, 15) is 14.7 Å². The minimum absolute atomic E-state index is 0.186. The van der Waals surface area contributed by atoms with Crippen molar-refractivity contribution in [1.82, 2.24) is 24.6 Å². The number of likely N-dealkylation sites (tertiary alicyclic amines) is 1. The van der Waals surface area contributed by atoms with Crippen molar-refractivity contribution in [2.75, 3.05) is 18.4 Å². The van der Waals surface area contributed by atoms with Crippen LogP contribution in [0.15, 0.2) is 61.2 Å². The molecule has 1 aliphatic rings. The lowest BCUT2D eigenvalue weighted by molar-refractivity contribution is 0.0692. The number of carbonyl (C=O) groups excluding carboxylic acids is 1. The van der Waals surface area contributed by atoms with Crippen molar-refractivity contribution < 1.29 is 14.7 Å². The number of pyridine rings is 2. The Bertz CT molecular complexity index is 1330. The average Bonchev–Trinajstić information content (AvgIpc) is 3.47. The molecule has 9 heteroatoms. The van der Waals surface area contributed by atoms with Gasteiger partial charge in [0.05, 0.1) is 17.4 Å². The molecule has 4 heterocycles. The molecule has 1 aromatic carbocycles. The summed E-state index contributed by atoms with van der Waals surface area (Å²) in [7, 11) is 0. The molecule has 1 saturated heterocycles. The number of carboxylic acids is 1. The van der Waals surface area contributed by atoms with Gasteiger partial charge in [-0.15, -0.1) is 0 Å². The van der Waals surface area contributed by atoms with Crippen LogP contribution in [0.1, 0.15) is 28.9 Å². The maximum Gasteiger partial charge on any atom is 0.357 e. The largest absolute Gasteiger partial charge is 0.476 e. The Morgan fingerprint density at radius 1 is 1.00 bits per heavy atom. The van der Waals surface area contributed by atoms with E-state index >= 15 is 0 Å². The molecule has 33 heavy (non-hydrogen) atoms. The first-order valence-corrected chi connectivity index (χ1v) is 10.7. The predicted molar refractivity (Wildman–Crippen MR) is 123 cm³/mol. The number of rotatable bonds is 5. The molecule has 0 radical (unpaired) electrons. The molecule has 5 rings (SSSR count). The second-order valence-electron chi connectivity index (χ2n) is 8.03. The summed E-state index contributed by atoms with van der Waals surface area (Å²) in [4.78, 5) is 35.4. The summed E-state index contributed by atoms with van der Waals surface area (Å²) in [5.74, 6) is -1.20. The number of nitrogens with one attached hydrogen (secondary N) is 1. The molecule has 166 valence electrons. The van der Waals surface area contributed by atoms with Crippen LogP contribution in [0, 0.1) is 0 Å². The maximum absolute atomic E-state index is 12.8. The molecule has 0 aliphatic carbocycles. The zero-order valence-electron chi connectivity index (χ0n) is 17.8. The lowest BCUT2D eigenvalue weighted by Gasteiger charge is -2.14. The highest BCUT2D eigenvalue weighted by molar-refractivity contribution is 6.06. The Kier molecular flexibility index (Phi) is 5.54. The van der Waals surface area contributed by atoms with Gasteiger partial charge in [-0.1, -0.05) is 6.07 Å². The van der Waals surface area contributed by atoms with Gasteiger partial charge < -0.3 is 10.4 Å². The summed E-state index contributed by atoms with van der Waals surface area (Å²) in [5.41, 5.74) is 3.51. The molecule has 0 spiro atoms. The van der Waals surface area contributed by atoms with E-state index in [1.807, 2.05) is 12.3 Å². The molecule has 0 saturated carbocycles. The third kappa shape index (κ3) is 4.31. The summed E-state index contributed by atoms with van der Waals surface area (Å²) in [6.07, 6.45) is 9.17. The van der Waals surface area contributed by atoms with Gasteiger partial charge in [-0.25, -0.2) is 9.59 Å². The average molecular weight is 442 g/mol. The first-order valence-electron chi connectivity index (χ1n) is 10.7. The van der Waals surface area contributed by atoms with Crippen molar-refractivity contribution >= 4 is 28.6 Å². The van der Waals surface area contributed by atoms with E-state index in [2.05, 4.69) is 31.3 Å². The van der Waals surface area contributed by atoms with E-state index < -0.39 is 12.0 Å². The Balaban J connectivity index is 1.49. The molecule has 1 aliphatic heterocycles. The highest BCUT2D eigenvalue weighted by Crippen LogP contribution is 2.28. The topological polar surface area (TPSA) is 113 Å². The number of hydrogen-bond donors (Lipinski definition) is 2. The van der Waals surface area contributed by atoms with Crippen LogP contribution in [0.25, 0.3) is 22.0 Å². The van der Waals surface area contributed by atoms with E-state index in [4.69, 9.17) is 0 Å². The molecule has 0 unspecified atom stereocenters. The van der Waals surface area contributed by atoms with Gasteiger partial charge >= 0.3 is 12.0 Å².